The van der Waals surface area contributed by atoms with Crippen LogP contribution in [0.4, 0.5) is 10.2 Å². The average Bonchev–Trinajstić information content (AvgIpc) is 3.02. The van der Waals surface area contributed by atoms with Crippen LogP contribution in [0, 0.1) is 12.7 Å². The van der Waals surface area contributed by atoms with Gasteiger partial charge in [-0.2, -0.15) is 0 Å². The maximum Gasteiger partial charge on any atom is 0.238 e. The Kier molecular flexibility index (Phi) is 4.88. The lowest BCUT2D eigenvalue weighted by Crippen LogP contribution is -2.12. The minimum atomic E-state index is -3.80. The van der Waals surface area contributed by atoms with E-state index in [1.165, 1.54) is 24.3 Å². The summed E-state index contributed by atoms with van der Waals surface area (Å²) in [7, 11) is -3.80. The van der Waals surface area contributed by atoms with Gasteiger partial charge < -0.3 is 10.4 Å². The van der Waals surface area contributed by atoms with Crippen LogP contribution in [-0.4, -0.2) is 27.9 Å². The third kappa shape index (κ3) is 3.70. The number of benzene rings is 2. The van der Waals surface area contributed by atoms with Gasteiger partial charge in [0.1, 0.15) is 11.6 Å². The fraction of sp³-hybridized carbons (Fsp3) is 0.100. The number of aromatic hydroxyl groups is 1. The third-order valence-corrected chi connectivity index (χ3v) is 5.52. The Morgan fingerprint density at radius 3 is 2.77 bits per heavy atom. The van der Waals surface area contributed by atoms with Gasteiger partial charge >= 0.3 is 0 Å². The molecule has 10 heteroatoms. The van der Waals surface area contributed by atoms with Crippen molar-refractivity contribution in [2.45, 2.75) is 18.4 Å². The van der Waals surface area contributed by atoms with Crippen molar-refractivity contribution in [3.63, 3.8) is 0 Å². The molecular weight excluding hydrogens is 409 g/mol. The van der Waals surface area contributed by atoms with Crippen LogP contribution in [0.15, 0.2) is 59.8 Å². The van der Waals surface area contributed by atoms with E-state index < -0.39 is 15.8 Å². The Labute approximate surface area is 171 Å². The van der Waals surface area contributed by atoms with E-state index in [4.69, 9.17) is 5.14 Å². The van der Waals surface area contributed by atoms with Crippen LogP contribution in [0.2, 0.25) is 0 Å². The smallest absolute Gasteiger partial charge is 0.238 e. The zero-order chi connectivity index (χ0) is 21.5. The number of anilines is 1. The van der Waals surface area contributed by atoms with Crippen LogP contribution in [0.25, 0.3) is 16.9 Å². The Morgan fingerprint density at radius 2 is 2.03 bits per heavy atom. The molecule has 0 aliphatic rings. The molecule has 8 nitrogen and oxygen atoms in total. The third-order valence-electron chi connectivity index (χ3n) is 4.61. The molecular formula is C20H18FN5O3S. The minimum absolute atomic E-state index is 0.0229. The Morgan fingerprint density at radius 1 is 1.23 bits per heavy atom. The highest BCUT2D eigenvalue weighted by atomic mass is 32.2. The van der Waals surface area contributed by atoms with E-state index in [-0.39, 0.29) is 17.2 Å². The fourth-order valence-corrected chi connectivity index (χ4v) is 3.84. The molecule has 2 aromatic carbocycles. The second-order valence-corrected chi connectivity index (χ2v) is 8.29. The van der Waals surface area contributed by atoms with Gasteiger partial charge in [-0.15, -0.1) is 0 Å². The zero-order valence-electron chi connectivity index (χ0n) is 15.9. The summed E-state index contributed by atoms with van der Waals surface area (Å²) in [5.74, 6) is -0.272. The number of aryl methyl sites for hydroxylation is 1. The number of aromatic nitrogens is 3. The molecule has 154 valence electrons. The quantitative estimate of drug-likeness (QED) is 0.450. The summed E-state index contributed by atoms with van der Waals surface area (Å²) in [6.45, 7) is 2.04. The van der Waals surface area contributed by atoms with Crippen LogP contribution in [0.5, 0.6) is 5.75 Å². The number of nitrogens with zero attached hydrogens (tertiary/aromatic N) is 3. The number of imidazole rings is 1. The first-order valence-electron chi connectivity index (χ1n) is 8.92. The molecule has 0 saturated heterocycles. The Balaban J connectivity index is 1.70. The normalized spacial score (nSPS) is 11.7. The molecule has 2 heterocycles. The lowest BCUT2D eigenvalue weighted by Gasteiger charge is -2.09. The van der Waals surface area contributed by atoms with Crippen molar-refractivity contribution in [2.24, 2.45) is 5.14 Å². The number of phenolic OH excluding ortho intramolecular Hbond substituents is 1. The fourth-order valence-electron chi connectivity index (χ4n) is 3.25. The number of rotatable bonds is 5. The molecule has 2 aromatic heterocycles. The van der Waals surface area contributed by atoms with Gasteiger partial charge in [-0.05, 0) is 36.8 Å². The van der Waals surface area contributed by atoms with Gasteiger partial charge in [-0.3, -0.25) is 4.40 Å². The van der Waals surface area contributed by atoms with Gasteiger partial charge in [0.25, 0.3) is 0 Å². The van der Waals surface area contributed by atoms with E-state index >= 15 is 0 Å². The van der Waals surface area contributed by atoms with Crippen LogP contribution in [0.3, 0.4) is 0 Å². The number of nitrogens with one attached hydrogen (secondary N) is 1. The van der Waals surface area contributed by atoms with Crippen LogP contribution >= 0.6 is 0 Å². The summed E-state index contributed by atoms with van der Waals surface area (Å²) < 4.78 is 39.2. The maximum atomic E-state index is 14.4. The highest BCUT2D eigenvalue weighted by Gasteiger charge is 2.17. The summed E-state index contributed by atoms with van der Waals surface area (Å²) in [4.78, 5) is 8.84. The van der Waals surface area contributed by atoms with E-state index in [0.717, 1.165) is 6.07 Å². The van der Waals surface area contributed by atoms with E-state index in [1.807, 2.05) is 0 Å². The molecule has 0 aliphatic heterocycles. The molecule has 0 spiro atoms. The van der Waals surface area contributed by atoms with Gasteiger partial charge in [0.05, 0.1) is 16.3 Å². The molecule has 30 heavy (non-hydrogen) atoms. The SMILES string of the molecule is Cc1nc2c(NCc3cccc(S(N)(=O)=O)c3)nccn2c1-c1ccc(O)cc1F. The zero-order valence-corrected chi connectivity index (χ0v) is 16.7. The first kappa shape index (κ1) is 19.8. The number of hydrogen-bond donors (Lipinski definition) is 3. The molecule has 4 rings (SSSR count). The number of fused-ring (bicyclic) bond motifs is 1. The molecule has 4 N–H and O–H groups in total. The first-order valence-corrected chi connectivity index (χ1v) is 10.5. The van der Waals surface area contributed by atoms with Crippen molar-refractivity contribution in [1.82, 2.24) is 14.4 Å². The minimum Gasteiger partial charge on any atom is -0.508 e. The molecule has 4 aromatic rings. The van der Waals surface area contributed by atoms with Crippen LogP contribution < -0.4 is 10.5 Å². The average molecular weight is 427 g/mol. The molecule has 0 atom stereocenters. The summed E-state index contributed by atoms with van der Waals surface area (Å²) in [5, 5.41) is 17.8. The van der Waals surface area contributed by atoms with Crippen LogP contribution in [-0.2, 0) is 16.6 Å². The Bertz CT molecular complexity index is 1370. The van der Waals surface area contributed by atoms with E-state index in [2.05, 4.69) is 15.3 Å². The second-order valence-electron chi connectivity index (χ2n) is 6.73. The van der Waals surface area contributed by atoms with Crippen molar-refractivity contribution in [3.05, 3.63) is 71.9 Å². The largest absolute Gasteiger partial charge is 0.508 e. The van der Waals surface area contributed by atoms with Crippen molar-refractivity contribution < 1.29 is 17.9 Å². The predicted molar refractivity (Wildman–Crippen MR) is 110 cm³/mol. The molecule has 0 saturated carbocycles. The summed E-state index contributed by atoms with van der Waals surface area (Å²) in [5.41, 5.74) is 2.62. The molecule has 0 amide bonds. The molecule has 0 bridgehead atoms. The number of primary sulfonamides is 1. The van der Waals surface area contributed by atoms with Crippen molar-refractivity contribution in [1.29, 1.82) is 0 Å². The van der Waals surface area contributed by atoms with Crippen LogP contribution in [0.1, 0.15) is 11.3 Å². The molecule has 0 unspecified atom stereocenters. The lowest BCUT2D eigenvalue weighted by molar-refractivity contribution is 0.469. The van der Waals surface area contributed by atoms with Gasteiger partial charge in [-0.25, -0.2) is 27.9 Å². The monoisotopic (exact) mass is 427 g/mol. The number of halogens is 1. The Hall–Kier alpha value is -3.50. The van der Waals surface area contributed by atoms with E-state index in [1.54, 1.807) is 35.9 Å². The van der Waals surface area contributed by atoms with Crippen molar-refractivity contribution in [3.8, 4) is 17.0 Å². The number of phenols is 1. The van der Waals surface area contributed by atoms with Crippen molar-refractivity contribution in [2.75, 3.05) is 5.32 Å². The lowest BCUT2D eigenvalue weighted by atomic mass is 10.1. The van der Waals surface area contributed by atoms with Gasteiger partial charge in [0, 0.05) is 30.6 Å². The van der Waals surface area contributed by atoms with Crippen molar-refractivity contribution >= 4 is 21.5 Å². The standard InChI is InChI=1S/C20H18FN5O3S/c1-12-18(16-6-5-14(27)10-17(16)21)26-8-7-23-19(20(26)25-12)24-11-13-3-2-4-15(9-13)30(22,28)29/h2-10,27H,11H2,1H3,(H,23,24)(H2,22,28,29). The molecule has 0 aliphatic carbocycles. The summed E-state index contributed by atoms with van der Waals surface area (Å²) in [6, 6.07) is 10.2. The number of nitrogens with two attached hydrogens (primary N) is 1. The van der Waals surface area contributed by atoms with Gasteiger partial charge in [0.15, 0.2) is 11.5 Å². The van der Waals surface area contributed by atoms with E-state index in [0.29, 0.717) is 34.0 Å². The first-order chi connectivity index (χ1) is 14.2. The summed E-state index contributed by atoms with van der Waals surface area (Å²) in [6.07, 6.45) is 3.22. The highest BCUT2D eigenvalue weighted by Crippen LogP contribution is 2.30. The van der Waals surface area contributed by atoms with Gasteiger partial charge in [-0.1, -0.05) is 12.1 Å². The van der Waals surface area contributed by atoms with E-state index in [9.17, 15) is 17.9 Å². The number of sulfonamides is 1. The topological polar surface area (TPSA) is 123 Å². The summed E-state index contributed by atoms with van der Waals surface area (Å²) >= 11 is 0. The van der Waals surface area contributed by atoms with Gasteiger partial charge in [0.2, 0.25) is 10.0 Å². The maximum absolute atomic E-state index is 14.4. The number of hydrogen-bond acceptors (Lipinski definition) is 6. The molecule has 0 fully saturated rings. The molecule has 0 radical (unpaired) electrons. The second kappa shape index (κ2) is 7.39. The highest BCUT2D eigenvalue weighted by molar-refractivity contribution is 7.89. The predicted octanol–water partition coefficient (Wildman–Crippen LogP) is 2.81.